The number of ether oxygens (including phenoxy) is 1. The van der Waals surface area contributed by atoms with E-state index in [1.54, 1.807) is 14.0 Å². The average molecular weight is 230 g/mol. The fraction of sp³-hybridized carbons (Fsp3) is 0.778. The molecule has 0 amide bonds. The summed E-state index contributed by atoms with van der Waals surface area (Å²) >= 11 is 4.46. The van der Waals surface area contributed by atoms with Crippen molar-refractivity contribution < 1.29 is 14.4 Å². The Bertz CT molecular complexity index is 279. The molecule has 84 valence electrons. The molecule has 0 aromatic rings. The maximum absolute atomic E-state index is 11.5. The number of isothiocyanates is 1. The van der Waals surface area contributed by atoms with Crippen LogP contribution >= 0.6 is 12.2 Å². The predicted molar refractivity (Wildman–Crippen MR) is 57.6 cm³/mol. The molecule has 0 N–H and O–H groups in total. The number of aliphatic imine (C=N–C) groups is 1. The summed E-state index contributed by atoms with van der Waals surface area (Å²) in [7, 11) is 1.71. The van der Waals surface area contributed by atoms with E-state index in [-0.39, 0.29) is 18.1 Å². The first-order valence-electron chi connectivity index (χ1n) is 4.79. The maximum Gasteiger partial charge on any atom is 0.325 e. The van der Waals surface area contributed by atoms with Crippen LogP contribution < -0.4 is 0 Å². The van der Waals surface area contributed by atoms with Crippen LogP contribution in [0.15, 0.2) is 4.99 Å². The van der Waals surface area contributed by atoms with Gasteiger partial charge in [0, 0.05) is 13.5 Å². The highest BCUT2D eigenvalue weighted by Gasteiger charge is 2.36. The smallest absolute Gasteiger partial charge is 0.325 e. The number of thiocarbonyl (C=S) groups is 1. The molecule has 15 heavy (non-hydrogen) atoms. The topological polar surface area (TPSA) is 51.1 Å². The lowest BCUT2D eigenvalue weighted by Crippen LogP contribution is -2.33. The number of hydrogen-bond acceptors (Lipinski definition) is 6. The first-order chi connectivity index (χ1) is 7.19. The molecule has 1 rings (SSSR count). The van der Waals surface area contributed by atoms with Gasteiger partial charge in [-0.25, -0.2) is 4.99 Å². The number of nitrogens with zero attached hydrogens (tertiary/aromatic N) is 2. The second-order valence-corrected chi connectivity index (χ2v) is 3.39. The van der Waals surface area contributed by atoms with Gasteiger partial charge >= 0.3 is 5.97 Å². The minimum Gasteiger partial charge on any atom is -0.465 e. The molecule has 1 saturated heterocycles. The summed E-state index contributed by atoms with van der Waals surface area (Å²) in [5.41, 5.74) is 0. The lowest BCUT2D eigenvalue weighted by molar-refractivity contribution is -0.170. The summed E-state index contributed by atoms with van der Waals surface area (Å²) in [6, 6.07) is -0.338. The maximum atomic E-state index is 11.5. The number of hydroxylamine groups is 2. The van der Waals surface area contributed by atoms with Crippen molar-refractivity contribution in [3.63, 3.8) is 0 Å². The third-order valence-corrected chi connectivity index (χ3v) is 2.29. The van der Waals surface area contributed by atoms with E-state index < -0.39 is 0 Å². The normalized spacial score (nSPS) is 26.0. The Morgan fingerprint density at radius 3 is 3.13 bits per heavy atom. The third kappa shape index (κ3) is 3.35. The van der Waals surface area contributed by atoms with Gasteiger partial charge in [0.2, 0.25) is 0 Å². The van der Waals surface area contributed by atoms with E-state index in [2.05, 4.69) is 22.4 Å². The minimum atomic E-state index is -0.338. The summed E-state index contributed by atoms with van der Waals surface area (Å²) in [6.45, 7) is 2.59. The van der Waals surface area contributed by atoms with Crippen LogP contribution in [0.5, 0.6) is 0 Å². The fourth-order valence-corrected chi connectivity index (χ4v) is 1.55. The van der Waals surface area contributed by atoms with E-state index in [0.29, 0.717) is 19.6 Å². The minimum absolute atomic E-state index is 0.111. The molecule has 0 spiro atoms. The van der Waals surface area contributed by atoms with Crippen LogP contribution in [0, 0.1) is 0 Å². The molecule has 5 nitrogen and oxygen atoms in total. The summed E-state index contributed by atoms with van der Waals surface area (Å²) in [5, 5.41) is 3.79. The fourth-order valence-electron chi connectivity index (χ4n) is 1.48. The summed E-state index contributed by atoms with van der Waals surface area (Å²) in [5.74, 6) is -0.256. The second-order valence-electron chi connectivity index (χ2n) is 3.21. The molecular formula is C9H14N2O3S. The van der Waals surface area contributed by atoms with Crippen LogP contribution in [0.4, 0.5) is 0 Å². The number of rotatable bonds is 4. The first-order valence-corrected chi connectivity index (χ1v) is 5.19. The zero-order chi connectivity index (χ0) is 11.3. The van der Waals surface area contributed by atoms with Crippen molar-refractivity contribution >= 4 is 23.3 Å². The van der Waals surface area contributed by atoms with Gasteiger partial charge in [-0.1, -0.05) is 0 Å². The van der Waals surface area contributed by atoms with Crippen molar-refractivity contribution in [2.45, 2.75) is 25.5 Å². The van der Waals surface area contributed by atoms with E-state index in [1.165, 1.54) is 5.06 Å². The van der Waals surface area contributed by atoms with Gasteiger partial charge in [-0.3, -0.25) is 9.63 Å². The Balaban J connectivity index is 2.48. The standard InChI is InChI=1S/C9H14N2O3S/c1-3-13-9(12)8-4-7(5-10-6-15)14-11(8)2/h7-8H,3-5H2,1-2H3/t7-,8+/m0/s1. The predicted octanol–water partition coefficient (Wildman–Crippen LogP) is 0.657. The molecule has 1 aliphatic heterocycles. The Labute approximate surface area is 94.0 Å². The van der Waals surface area contributed by atoms with Crippen molar-refractivity contribution in [2.24, 2.45) is 4.99 Å². The van der Waals surface area contributed by atoms with Crippen molar-refractivity contribution in [1.29, 1.82) is 0 Å². The van der Waals surface area contributed by atoms with Gasteiger partial charge in [0.15, 0.2) is 0 Å². The van der Waals surface area contributed by atoms with E-state index >= 15 is 0 Å². The van der Waals surface area contributed by atoms with Crippen molar-refractivity contribution in [3.8, 4) is 0 Å². The van der Waals surface area contributed by atoms with Gasteiger partial charge in [0.05, 0.1) is 18.3 Å². The quantitative estimate of drug-likeness (QED) is 0.403. The Kier molecular flexibility index (Phi) is 4.84. The first kappa shape index (κ1) is 12.3. The van der Waals surface area contributed by atoms with Crippen LogP contribution in [0.3, 0.4) is 0 Å². The van der Waals surface area contributed by atoms with E-state index in [1.807, 2.05) is 0 Å². The van der Waals surface area contributed by atoms with Gasteiger partial charge in [-0.2, -0.15) is 5.06 Å². The zero-order valence-corrected chi connectivity index (χ0v) is 9.62. The third-order valence-electron chi connectivity index (χ3n) is 2.16. The lowest BCUT2D eigenvalue weighted by Gasteiger charge is -2.15. The molecule has 0 saturated carbocycles. The molecule has 0 radical (unpaired) electrons. The van der Waals surface area contributed by atoms with Gasteiger partial charge in [-0.05, 0) is 19.1 Å². The van der Waals surface area contributed by atoms with Crippen LogP contribution in [-0.4, -0.2) is 48.5 Å². The number of esters is 1. The summed E-state index contributed by atoms with van der Waals surface area (Å²) < 4.78 is 4.92. The second kappa shape index (κ2) is 5.92. The Hall–Kier alpha value is -0.810. The molecular weight excluding hydrogens is 216 g/mol. The van der Waals surface area contributed by atoms with Crippen LogP contribution in [-0.2, 0) is 14.4 Å². The Morgan fingerprint density at radius 2 is 2.53 bits per heavy atom. The van der Waals surface area contributed by atoms with Gasteiger partial charge < -0.3 is 4.74 Å². The highest BCUT2D eigenvalue weighted by molar-refractivity contribution is 7.78. The van der Waals surface area contributed by atoms with Crippen molar-refractivity contribution in [3.05, 3.63) is 0 Å². The van der Waals surface area contributed by atoms with Crippen LogP contribution in [0.25, 0.3) is 0 Å². The van der Waals surface area contributed by atoms with Crippen molar-refractivity contribution in [1.82, 2.24) is 5.06 Å². The largest absolute Gasteiger partial charge is 0.465 e. The summed E-state index contributed by atoms with van der Waals surface area (Å²) in [6.07, 6.45) is 0.468. The molecule has 1 heterocycles. The molecule has 0 aliphatic carbocycles. The number of carbonyl (C=O) groups excluding carboxylic acids is 1. The molecule has 1 aliphatic rings. The highest BCUT2D eigenvalue weighted by atomic mass is 32.1. The highest BCUT2D eigenvalue weighted by Crippen LogP contribution is 2.20. The Morgan fingerprint density at radius 1 is 1.80 bits per heavy atom. The molecule has 2 atom stereocenters. The summed E-state index contributed by atoms with van der Waals surface area (Å²) in [4.78, 5) is 20.6. The molecule has 1 fully saturated rings. The monoisotopic (exact) mass is 230 g/mol. The average Bonchev–Trinajstić information content (AvgIpc) is 2.57. The number of likely N-dealkylation sites (N-methyl/N-ethyl adjacent to an activating group) is 1. The van der Waals surface area contributed by atoms with E-state index in [9.17, 15) is 4.79 Å². The molecule has 6 heteroatoms. The van der Waals surface area contributed by atoms with Gasteiger partial charge in [0.25, 0.3) is 0 Å². The molecule has 0 unspecified atom stereocenters. The van der Waals surface area contributed by atoms with E-state index in [0.717, 1.165) is 0 Å². The van der Waals surface area contributed by atoms with Crippen molar-refractivity contribution in [2.75, 3.05) is 20.2 Å². The van der Waals surface area contributed by atoms with Gasteiger partial charge in [0.1, 0.15) is 12.1 Å². The van der Waals surface area contributed by atoms with Crippen LogP contribution in [0.2, 0.25) is 0 Å². The number of carbonyl (C=O) groups is 1. The van der Waals surface area contributed by atoms with Crippen LogP contribution in [0.1, 0.15) is 13.3 Å². The SMILES string of the molecule is CCOC(=O)[C@H]1C[C@@H](CN=C=S)ON1C. The number of hydrogen-bond donors (Lipinski definition) is 0. The molecule has 0 bridgehead atoms. The van der Waals surface area contributed by atoms with Gasteiger partial charge in [-0.15, -0.1) is 0 Å². The molecule has 0 aromatic carbocycles. The zero-order valence-electron chi connectivity index (χ0n) is 8.80. The lowest BCUT2D eigenvalue weighted by atomic mass is 10.1. The van der Waals surface area contributed by atoms with E-state index in [4.69, 9.17) is 9.57 Å². The molecule has 0 aromatic heterocycles.